The molecule has 2 unspecified atom stereocenters. The minimum Gasteiger partial charge on any atom is -0.493 e. The maximum atomic E-state index is 5.74. The van der Waals surface area contributed by atoms with Crippen molar-refractivity contribution in [1.29, 1.82) is 0 Å². The van der Waals surface area contributed by atoms with Gasteiger partial charge in [-0.3, -0.25) is 11.3 Å². The second kappa shape index (κ2) is 5.69. The number of fused-ring (bicyclic) bond motifs is 1. The number of methoxy groups -OCH3 is 1. The fourth-order valence-corrected chi connectivity index (χ4v) is 2.64. The third kappa shape index (κ3) is 2.36. The van der Waals surface area contributed by atoms with Crippen LogP contribution in [0.5, 0.6) is 5.75 Å². The van der Waals surface area contributed by atoms with Crippen LogP contribution >= 0.6 is 0 Å². The molecular weight excluding hydrogens is 228 g/mol. The van der Waals surface area contributed by atoms with Gasteiger partial charge in [0.05, 0.1) is 18.8 Å². The van der Waals surface area contributed by atoms with Crippen molar-refractivity contribution in [3.8, 4) is 5.75 Å². The lowest BCUT2D eigenvalue weighted by Crippen LogP contribution is -2.40. The molecule has 1 heterocycles. The Morgan fingerprint density at radius 3 is 2.78 bits per heavy atom. The standard InChI is InChI=1S/C14H22N2O2/c1-9(2)13(17-3)12(16-15)11-6-4-5-10-7-8-18-14(10)11/h4-6,9,12-13,16H,7-8,15H2,1-3H3. The summed E-state index contributed by atoms with van der Waals surface area (Å²) < 4.78 is 11.3. The van der Waals surface area contributed by atoms with E-state index in [4.69, 9.17) is 15.3 Å². The third-order valence-electron chi connectivity index (χ3n) is 3.52. The van der Waals surface area contributed by atoms with Crippen molar-refractivity contribution in [2.24, 2.45) is 11.8 Å². The van der Waals surface area contributed by atoms with Gasteiger partial charge in [-0.15, -0.1) is 0 Å². The maximum absolute atomic E-state index is 5.74. The van der Waals surface area contributed by atoms with Gasteiger partial charge in [0.1, 0.15) is 5.75 Å². The molecule has 4 nitrogen and oxygen atoms in total. The number of hydrogen-bond acceptors (Lipinski definition) is 4. The molecule has 1 aromatic rings. The molecule has 1 aliphatic rings. The highest BCUT2D eigenvalue weighted by molar-refractivity contribution is 5.46. The zero-order chi connectivity index (χ0) is 13.1. The first-order valence-electron chi connectivity index (χ1n) is 6.42. The van der Waals surface area contributed by atoms with E-state index in [0.29, 0.717) is 5.92 Å². The lowest BCUT2D eigenvalue weighted by atomic mass is 9.92. The Bertz CT molecular complexity index is 407. The summed E-state index contributed by atoms with van der Waals surface area (Å²) >= 11 is 0. The monoisotopic (exact) mass is 250 g/mol. The first-order chi connectivity index (χ1) is 8.69. The van der Waals surface area contributed by atoms with Crippen LogP contribution in [0.2, 0.25) is 0 Å². The number of rotatable bonds is 5. The van der Waals surface area contributed by atoms with E-state index in [9.17, 15) is 0 Å². The average Bonchev–Trinajstić information content (AvgIpc) is 2.83. The van der Waals surface area contributed by atoms with Crippen molar-refractivity contribution in [1.82, 2.24) is 5.43 Å². The molecule has 4 heteroatoms. The summed E-state index contributed by atoms with van der Waals surface area (Å²) in [5.74, 6) is 7.07. The molecule has 3 N–H and O–H groups in total. The summed E-state index contributed by atoms with van der Waals surface area (Å²) in [6.45, 7) is 5.01. The lowest BCUT2D eigenvalue weighted by molar-refractivity contribution is 0.0319. The largest absolute Gasteiger partial charge is 0.493 e. The molecule has 0 amide bonds. The first kappa shape index (κ1) is 13.3. The second-order valence-electron chi connectivity index (χ2n) is 5.02. The summed E-state index contributed by atoms with van der Waals surface area (Å²) in [7, 11) is 1.72. The highest BCUT2D eigenvalue weighted by Crippen LogP contribution is 2.36. The predicted molar refractivity (Wildman–Crippen MR) is 71.3 cm³/mol. The van der Waals surface area contributed by atoms with Gasteiger partial charge in [0.2, 0.25) is 0 Å². The SMILES string of the molecule is COC(C(C)C)C(NN)c1cccc2c1OCC2. The fourth-order valence-electron chi connectivity index (χ4n) is 2.64. The molecule has 0 saturated heterocycles. The number of para-hydroxylation sites is 1. The summed E-state index contributed by atoms with van der Waals surface area (Å²) in [4.78, 5) is 0. The molecule has 2 atom stereocenters. The van der Waals surface area contributed by atoms with Gasteiger partial charge >= 0.3 is 0 Å². The Labute approximate surface area is 108 Å². The van der Waals surface area contributed by atoms with Gasteiger partial charge in [0, 0.05) is 19.1 Å². The van der Waals surface area contributed by atoms with Crippen molar-refractivity contribution >= 4 is 0 Å². The Hall–Kier alpha value is -1.10. The van der Waals surface area contributed by atoms with Crippen LogP contribution in [0.25, 0.3) is 0 Å². The topological polar surface area (TPSA) is 56.5 Å². The lowest BCUT2D eigenvalue weighted by Gasteiger charge is -2.29. The Morgan fingerprint density at radius 1 is 1.39 bits per heavy atom. The van der Waals surface area contributed by atoms with Gasteiger partial charge in [-0.25, -0.2) is 0 Å². The first-order valence-corrected chi connectivity index (χ1v) is 6.42. The van der Waals surface area contributed by atoms with Crippen molar-refractivity contribution in [2.75, 3.05) is 13.7 Å². The van der Waals surface area contributed by atoms with Crippen molar-refractivity contribution < 1.29 is 9.47 Å². The average molecular weight is 250 g/mol. The molecular formula is C14H22N2O2. The van der Waals surface area contributed by atoms with E-state index in [-0.39, 0.29) is 12.1 Å². The summed E-state index contributed by atoms with van der Waals surface area (Å²) in [5.41, 5.74) is 5.22. The molecule has 0 spiro atoms. The van der Waals surface area contributed by atoms with E-state index in [0.717, 1.165) is 24.3 Å². The molecule has 0 radical (unpaired) electrons. The highest BCUT2D eigenvalue weighted by Gasteiger charge is 2.29. The highest BCUT2D eigenvalue weighted by atomic mass is 16.5. The Balaban J connectivity index is 2.36. The minimum atomic E-state index is -0.0527. The summed E-state index contributed by atoms with van der Waals surface area (Å²) in [6, 6.07) is 6.17. The van der Waals surface area contributed by atoms with Crippen LogP contribution in [-0.4, -0.2) is 19.8 Å². The molecule has 0 fully saturated rings. The molecule has 0 bridgehead atoms. The zero-order valence-corrected chi connectivity index (χ0v) is 11.3. The molecule has 2 rings (SSSR count). The Kier molecular flexibility index (Phi) is 4.22. The Morgan fingerprint density at radius 2 is 2.17 bits per heavy atom. The molecule has 1 aromatic carbocycles. The number of nitrogens with one attached hydrogen (secondary N) is 1. The van der Waals surface area contributed by atoms with Crippen LogP contribution in [0.1, 0.15) is 31.0 Å². The summed E-state index contributed by atoms with van der Waals surface area (Å²) in [5, 5.41) is 0. The number of hydrazine groups is 1. The van der Waals surface area contributed by atoms with Crippen molar-refractivity contribution in [2.45, 2.75) is 32.4 Å². The van der Waals surface area contributed by atoms with Crippen molar-refractivity contribution in [3.63, 3.8) is 0 Å². The van der Waals surface area contributed by atoms with Crippen LogP contribution in [0.15, 0.2) is 18.2 Å². The van der Waals surface area contributed by atoms with E-state index in [1.165, 1.54) is 5.56 Å². The van der Waals surface area contributed by atoms with E-state index in [1.807, 2.05) is 0 Å². The molecule has 0 aliphatic carbocycles. The van der Waals surface area contributed by atoms with Gasteiger partial charge in [0.15, 0.2) is 0 Å². The fraction of sp³-hybridized carbons (Fsp3) is 0.571. The number of nitrogens with two attached hydrogens (primary N) is 1. The number of hydrogen-bond donors (Lipinski definition) is 2. The van der Waals surface area contributed by atoms with Gasteiger partial charge in [0.25, 0.3) is 0 Å². The zero-order valence-electron chi connectivity index (χ0n) is 11.3. The van der Waals surface area contributed by atoms with Crippen molar-refractivity contribution in [3.05, 3.63) is 29.3 Å². The van der Waals surface area contributed by atoms with Gasteiger partial charge in [-0.1, -0.05) is 32.0 Å². The second-order valence-corrected chi connectivity index (χ2v) is 5.02. The minimum absolute atomic E-state index is 0.0192. The van der Waals surface area contributed by atoms with Crippen LogP contribution < -0.4 is 16.0 Å². The van der Waals surface area contributed by atoms with E-state index < -0.39 is 0 Å². The van der Waals surface area contributed by atoms with E-state index in [2.05, 4.69) is 37.5 Å². The molecule has 1 aliphatic heterocycles. The molecule has 0 saturated carbocycles. The van der Waals surface area contributed by atoms with E-state index in [1.54, 1.807) is 7.11 Å². The smallest absolute Gasteiger partial charge is 0.127 e. The summed E-state index contributed by atoms with van der Waals surface area (Å²) in [6.07, 6.45) is 0.991. The normalized spacial score (nSPS) is 17.4. The van der Waals surface area contributed by atoms with Crippen LogP contribution in [0.4, 0.5) is 0 Å². The van der Waals surface area contributed by atoms with Crippen LogP contribution in [-0.2, 0) is 11.2 Å². The number of benzene rings is 1. The van der Waals surface area contributed by atoms with Gasteiger partial charge < -0.3 is 9.47 Å². The van der Waals surface area contributed by atoms with Crippen LogP contribution in [0, 0.1) is 5.92 Å². The quantitative estimate of drug-likeness (QED) is 0.618. The molecule has 18 heavy (non-hydrogen) atoms. The third-order valence-corrected chi connectivity index (χ3v) is 3.52. The molecule has 100 valence electrons. The van der Waals surface area contributed by atoms with Gasteiger partial charge in [-0.2, -0.15) is 0 Å². The van der Waals surface area contributed by atoms with E-state index >= 15 is 0 Å². The maximum Gasteiger partial charge on any atom is 0.127 e. The predicted octanol–water partition coefficient (Wildman–Crippen LogP) is 1.80. The molecule has 0 aromatic heterocycles. The van der Waals surface area contributed by atoms with Gasteiger partial charge in [-0.05, 0) is 11.5 Å². The number of ether oxygens (including phenoxy) is 2. The van der Waals surface area contributed by atoms with Crippen LogP contribution in [0.3, 0.4) is 0 Å².